The standard InChI is InChI=1S/C18H29N/c1-7-16-8-10-17(11-9-16)12-18(19-14(4)5)15(6)13(2)3/h8-11,13-14,18-19H,6-7,12H2,1-5H3. The first kappa shape index (κ1) is 16.0. The Morgan fingerprint density at radius 1 is 1.05 bits per heavy atom. The average Bonchev–Trinajstić information content (AvgIpc) is 2.37. The van der Waals surface area contributed by atoms with Crippen LogP contribution < -0.4 is 5.32 Å². The van der Waals surface area contributed by atoms with Gasteiger partial charge in [-0.15, -0.1) is 0 Å². The third-order valence-corrected chi connectivity index (χ3v) is 3.59. The Balaban J connectivity index is 2.78. The Labute approximate surface area is 119 Å². The van der Waals surface area contributed by atoms with Gasteiger partial charge in [0.25, 0.3) is 0 Å². The Morgan fingerprint density at radius 2 is 1.58 bits per heavy atom. The van der Waals surface area contributed by atoms with Gasteiger partial charge < -0.3 is 5.32 Å². The van der Waals surface area contributed by atoms with Crippen LogP contribution in [-0.2, 0) is 12.8 Å². The molecule has 0 bridgehead atoms. The predicted octanol–water partition coefficient (Wildman–Crippen LogP) is 4.37. The number of nitrogens with one attached hydrogen (secondary N) is 1. The molecule has 0 aromatic heterocycles. The molecular formula is C18H29N. The summed E-state index contributed by atoms with van der Waals surface area (Å²) in [5, 5.41) is 3.64. The van der Waals surface area contributed by atoms with Crippen molar-refractivity contribution in [1.29, 1.82) is 0 Å². The molecule has 1 unspecified atom stereocenters. The van der Waals surface area contributed by atoms with Crippen molar-refractivity contribution < 1.29 is 0 Å². The van der Waals surface area contributed by atoms with Crippen molar-refractivity contribution in [2.45, 2.75) is 59.5 Å². The molecule has 0 spiro atoms. The fourth-order valence-corrected chi connectivity index (χ4v) is 2.25. The monoisotopic (exact) mass is 259 g/mol. The van der Waals surface area contributed by atoms with E-state index in [1.807, 2.05) is 0 Å². The van der Waals surface area contributed by atoms with Crippen molar-refractivity contribution in [1.82, 2.24) is 5.32 Å². The minimum Gasteiger partial charge on any atom is -0.308 e. The molecule has 1 aromatic rings. The zero-order chi connectivity index (χ0) is 14.4. The summed E-state index contributed by atoms with van der Waals surface area (Å²) in [6, 6.07) is 9.82. The third kappa shape index (κ3) is 5.20. The van der Waals surface area contributed by atoms with Crippen molar-refractivity contribution >= 4 is 0 Å². The topological polar surface area (TPSA) is 12.0 Å². The molecule has 0 amide bonds. The van der Waals surface area contributed by atoms with Gasteiger partial charge in [-0.1, -0.05) is 71.0 Å². The molecule has 1 heteroatoms. The molecule has 0 aliphatic heterocycles. The maximum absolute atomic E-state index is 4.27. The predicted molar refractivity (Wildman–Crippen MR) is 85.6 cm³/mol. The van der Waals surface area contributed by atoms with Crippen molar-refractivity contribution in [3.63, 3.8) is 0 Å². The van der Waals surface area contributed by atoms with E-state index >= 15 is 0 Å². The van der Waals surface area contributed by atoms with Crippen LogP contribution >= 0.6 is 0 Å². The highest BCUT2D eigenvalue weighted by atomic mass is 14.9. The Bertz CT molecular complexity index is 387. The van der Waals surface area contributed by atoms with Gasteiger partial charge in [0.05, 0.1) is 0 Å². The Kier molecular flexibility index (Phi) is 6.30. The van der Waals surface area contributed by atoms with E-state index in [1.54, 1.807) is 0 Å². The highest BCUT2D eigenvalue weighted by Crippen LogP contribution is 2.17. The summed E-state index contributed by atoms with van der Waals surface area (Å²) in [4.78, 5) is 0. The molecule has 1 rings (SSSR count). The number of aryl methyl sites for hydroxylation is 1. The highest BCUT2D eigenvalue weighted by Gasteiger charge is 2.16. The van der Waals surface area contributed by atoms with Gasteiger partial charge in [-0.25, -0.2) is 0 Å². The average molecular weight is 259 g/mol. The molecule has 1 nitrogen and oxygen atoms in total. The minimum absolute atomic E-state index is 0.368. The molecule has 1 aromatic carbocycles. The van der Waals surface area contributed by atoms with E-state index < -0.39 is 0 Å². The maximum Gasteiger partial charge on any atom is 0.0322 e. The van der Waals surface area contributed by atoms with E-state index in [-0.39, 0.29) is 0 Å². The molecule has 1 N–H and O–H groups in total. The van der Waals surface area contributed by atoms with Crippen molar-refractivity contribution in [2.75, 3.05) is 0 Å². The van der Waals surface area contributed by atoms with E-state index in [9.17, 15) is 0 Å². The van der Waals surface area contributed by atoms with Gasteiger partial charge in [-0.05, 0) is 29.9 Å². The van der Waals surface area contributed by atoms with Crippen LogP contribution in [0.15, 0.2) is 36.4 Å². The third-order valence-electron chi connectivity index (χ3n) is 3.59. The largest absolute Gasteiger partial charge is 0.308 e. The molecule has 0 aliphatic carbocycles. The molecule has 1 atom stereocenters. The summed E-state index contributed by atoms with van der Waals surface area (Å²) >= 11 is 0. The number of hydrogen-bond acceptors (Lipinski definition) is 1. The van der Waals surface area contributed by atoms with Crippen molar-refractivity contribution in [3.05, 3.63) is 47.5 Å². The van der Waals surface area contributed by atoms with Gasteiger partial charge in [0.1, 0.15) is 0 Å². The molecule has 0 saturated heterocycles. The zero-order valence-corrected chi connectivity index (χ0v) is 13.2. The Morgan fingerprint density at radius 3 is 2.00 bits per heavy atom. The molecule has 19 heavy (non-hydrogen) atoms. The molecule has 0 saturated carbocycles. The van der Waals surface area contributed by atoms with Crippen molar-refractivity contribution in [2.24, 2.45) is 5.92 Å². The smallest absolute Gasteiger partial charge is 0.0322 e. The van der Waals surface area contributed by atoms with Gasteiger partial charge in [0, 0.05) is 12.1 Å². The second-order valence-electron chi connectivity index (χ2n) is 5.98. The second-order valence-corrected chi connectivity index (χ2v) is 5.98. The molecule has 0 heterocycles. The van der Waals surface area contributed by atoms with Gasteiger partial charge in [-0.3, -0.25) is 0 Å². The fourth-order valence-electron chi connectivity index (χ4n) is 2.25. The summed E-state index contributed by atoms with van der Waals surface area (Å²) in [6.07, 6.45) is 2.13. The van der Waals surface area contributed by atoms with Gasteiger partial charge in [0.15, 0.2) is 0 Å². The normalized spacial score (nSPS) is 13.0. The summed E-state index contributed by atoms with van der Waals surface area (Å²) in [5.41, 5.74) is 4.09. The van der Waals surface area contributed by atoms with Crippen LogP contribution in [0.25, 0.3) is 0 Å². The van der Waals surface area contributed by atoms with Crippen LogP contribution in [0.2, 0.25) is 0 Å². The Hall–Kier alpha value is -1.08. The van der Waals surface area contributed by atoms with E-state index in [2.05, 4.69) is 70.8 Å². The molecule has 0 radical (unpaired) electrons. The quantitative estimate of drug-likeness (QED) is 0.717. The fraction of sp³-hybridized carbons (Fsp3) is 0.556. The van der Waals surface area contributed by atoms with E-state index in [4.69, 9.17) is 0 Å². The van der Waals surface area contributed by atoms with Crippen LogP contribution in [0.3, 0.4) is 0 Å². The summed E-state index contributed by atoms with van der Waals surface area (Å²) < 4.78 is 0. The summed E-state index contributed by atoms with van der Waals surface area (Å²) in [5.74, 6) is 0.520. The first-order chi connectivity index (χ1) is 8.93. The van der Waals surface area contributed by atoms with E-state index in [0.717, 1.165) is 12.8 Å². The lowest BCUT2D eigenvalue weighted by atomic mass is 9.91. The highest BCUT2D eigenvalue weighted by molar-refractivity contribution is 5.25. The van der Waals surface area contributed by atoms with E-state index in [1.165, 1.54) is 16.7 Å². The first-order valence-corrected chi connectivity index (χ1v) is 7.46. The zero-order valence-electron chi connectivity index (χ0n) is 13.2. The van der Waals surface area contributed by atoms with Gasteiger partial charge >= 0.3 is 0 Å². The minimum atomic E-state index is 0.368. The lowest BCUT2D eigenvalue weighted by Gasteiger charge is -2.26. The van der Waals surface area contributed by atoms with Crippen LogP contribution in [0.5, 0.6) is 0 Å². The lowest BCUT2D eigenvalue weighted by molar-refractivity contribution is 0.476. The molecule has 0 aliphatic rings. The maximum atomic E-state index is 4.27. The van der Waals surface area contributed by atoms with Gasteiger partial charge in [-0.2, -0.15) is 0 Å². The SMILES string of the molecule is C=C(C(C)C)C(Cc1ccc(CC)cc1)NC(C)C. The van der Waals surface area contributed by atoms with E-state index in [0.29, 0.717) is 18.0 Å². The van der Waals surface area contributed by atoms with Crippen LogP contribution in [0.4, 0.5) is 0 Å². The van der Waals surface area contributed by atoms with Crippen molar-refractivity contribution in [3.8, 4) is 0 Å². The van der Waals surface area contributed by atoms with Crippen LogP contribution in [0, 0.1) is 5.92 Å². The van der Waals surface area contributed by atoms with Crippen LogP contribution in [0.1, 0.15) is 45.7 Å². The molecule has 106 valence electrons. The second kappa shape index (κ2) is 7.49. The summed E-state index contributed by atoms with van der Waals surface area (Å²) in [6.45, 7) is 15.3. The van der Waals surface area contributed by atoms with Gasteiger partial charge in [0.2, 0.25) is 0 Å². The number of hydrogen-bond donors (Lipinski definition) is 1. The molecular weight excluding hydrogens is 230 g/mol. The van der Waals surface area contributed by atoms with Crippen LogP contribution in [-0.4, -0.2) is 12.1 Å². The lowest BCUT2D eigenvalue weighted by Crippen LogP contribution is -2.38. The summed E-state index contributed by atoms with van der Waals surface area (Å²) in [7, 11) is 0. The molecule has 0 fully saturated rings. The first-order valence-electron chi connectivity index (χ1n) is 7.46. The number of benzene rings is 1. The number of rotatable bonds is 7.